The molecule has 9 heteroatoms. The van der Waals surface area contributed by atoms with Gasteiger partial charge in [0.25, 0.3) is 0 Å². The van der Waals surface area contributed by atoms with Gasteiger partial charge in [0.1, 0.15) is 0 Å². The average Bonchev–Trinajstić information content (AvgIpc) is 3.03. The van der Waals surface area contributed by atoms with Crippen LogP contribution < -0.4 is 15.5 Å². The standard InChI is InChI=1S/C16H19N5O3S/c1-10-14(25-20-19-10)9-17-15(22)18-12-5-6-13-11(8-12)4-3-7-21(13)16(23)24-2/h5-6,8H,3-4,7,9H2,1-2H3,(H2,17,18,22). The minimum atomic E-state index is -0.368. The number of carbonyl (C=O) groups is 2. The number of aromatic nitrogens is 2. The summed E-state index contributed by atoms with van der Waals surface area (Å²) in [6.45, 7) is 2.88. The van der Waals surface area contributed by atoms with Crippen LogP contribution >= 0.6 is 11.5 Å². The monoisotopic (exact) mass is 361 g/mol. The fourth-order valence-corrected chi connectivity index (χ4v) is 3.30. The van der Waals surface area contributed by atoms with Gasteiger partial charge in [-0.3, -0.25) is 4.90 Å². The highest BCUT2D eigenvalue weighted by molar-refractivity contribution is 7.05. The number of nitrogens with zero attached hydrogens (tertiary/aromatic N) is 3. The number of ether oxygens (including phenoxy) is 1. The Balaban J connectivity index is 1.65. The molecule has 25 heavy (non-hydrogen) atoms. The van der Waals surface area contributed by atoms with Crippen LogP contribution in [0.4, 0.5) is 21.0 Å². The van der Waals surface area contributed by atoms with E-state index in [1.54, 1.807) is 11.0 Å². The maximum atomic E-state index is 12.1. The quantitative estimate of drug-likeness (QED) is 0.876. The Morgan fingerprint density at radius 2 is 2.24 bits per heavy atom. The molecule has 1 aromatic heterocycles. The van der Waals surface area contributed by atoms with Gasteiger partial charge in [0.05, 0.1) is 29.9 Å². The van der Waals surface area contributed by atoms with E-state index in [2.05, 4.69) is 20.2 Å². The van der Waals surface area contributed by atoms with Crippen LogP contribution in [0.2, 0.25) is 0 Å². The van der Waals surface area contributed by atoms with Crippen LogP contribution in [0.1, 0.15) is 22.6 Å². The third kappa shape index (κ3) is 3.87. The number of benzene rings is 1. The molecular weight excluding hydrogens is 342 g/mol. The van der Waals surface area contributed by atoms with Crippen LogP contribution in [0.5, 0.6) is 0 Å². The molecule has 8 nitrogen and oxygen atoms in total. The minimum Gasteiger partial charge on any atom is -0.452 e. The van der Waals surface area contributed by atoms with Crippen LogP contribution in [-0.4, -0.2) is 35.4 Å². The normalized spacial score (nSPS) is 13.1. The smallest absolute Gasteiger partial charge is 0.414 e. The van der Waals surface area contributed by atoms with Crippen molar-refractivity contribution in [2.75, 3.05) is 23.9 Å². The van der Waals surface area contributed by atoms with Crippen LogP contribution in [0.25, 0.3) is 0 Å². The lowest BCUT2D eigenvalue weighted by Gasteiger charge is -2.28. The molecule has 0 spiro atoms. The molecule has 1 aliphatic rings. The predicted molar refractivity (Wildman–Crippen MR) is 95.0 cm³/mol. The van der Waals surface area contributed by atoms with Gasteiger partial charge in [-0.05, 0) is 55.1 Å². The van der Waals surface area contributed by atoms with E-state index in [0.29, 0.717) is 18.8 Å². The second-order valence-electron chi connectivity index (χ2n) is 5.66. The number of anilines is 2. The minimum absolute atomic E-state index is 0.298. The molecule has 3 rings (SSSR count). The molecule has 0 saturated carbocycles. The number of rotatable bonds is 3. The summed E-state index contributed by atoms with van der Waals surface area (Å²) >= 11 is 1.27. The highest BCUT2D eigenvalue weighted by Crippen LogP contribution is 2.30. The van der Waals surface area contributed by atoms with Crippen LogP contribution in [0, 0.1) is 6.92 Å². The van der Waals surface area contributed by atoms with Gasteiger partial charge in [0, 0.05) is 12.2 Å². The second kappa shape index (κ2) is 7.47. The van der Waals surface area contributed by atoms with Crippen molar-refractivity contribution in [1.82, 2.24) is 14.9 Å². The summed E-state index contributed by atoms with van der Waals surface area (Å²) in [5.41, 5.74) is 3.34. The zero-order valence-electron chi connectivity index (χ0n) is 14.0. The van der Waals surface area contributed by atoms with Crippen LogP contribution in [0.3, 0.4) is 0 Å². The van der Waals surface area contributed by atoms with Crippen molar-refractivity contribution in [2.24, 2.45) is 0 Å². The van der Waals surface area contributed by atoms with Crippen molar-refractivity contribution in [3.05, 3.63) is 34.3 Å². The summed E-state index contributed by atoms with van der Waals surface area (Å²) in [4.78, 5) is 26.4. The summed E-state index contributed by atoms with van der Waals surface area (Å²) in [5.74, 6) is 0. The molecule has 3 amide bonds. The van der Waals surface area contributed by atoms with Gasteiger partial charge in [-0.15, -0.1) is 5.10 Å². The summed E-state index contributed by atoms with van der Waals surface area (Å²) in [5, 5.41) is 9.51. The van der Waals surface area contributed by atoms with Crippen molar-refractivity contribution in [3.63, 3.8) is 0 Å². The second-order valence-corrected chi connectivity index (χ2v) is 6.50. The molecule has 0 unspecified atom stereocenters. The van der Waals surface area contributed by atoms with Gasteiger partial charge < -0.3 is 15.4 Å². The summed E-state index contributed by atoms with van der Waals surface area (Å²) < 4.78 is 8.65. The number of carbonyl (C=O) groups excluding carboxylic acids is 2. The molecule has 0 radical (unpaired) electrons. The van der Waals surface area contributed by atoms with Gasteiger partial charge in [-0.1, -0.05) is 4.49 Å². The number of fused-ring (bicyclic) bond motifs is 1. The van der Waals surface area contributed by atoms with Gasteiger partial charge in [-0.25, -0.2) is 9.59 Å². The van der Waals surface area contributed by atoms with E-state index >= 15 is 0 Å². The van der Waals surface area contributed by atoms with Gasteiger partial charge in [-0.2, -0.15) is 0 Å². The van der Waals surface area contributed by atoms with Gasteiger partial charge in [0.2, 0.25) is 0 Å². The van der Waals surface area contributed by atoms with Crippen LogP contribution in [-0.2, 0) is 17.7 Å². The maximum absolute atomic E-state index is 12.1. The molecule has 1 aliphatic heterocycles. The van der Waals surface area contributed by atoms with Crippen molar-refractivity contribution in [3.8, 4) is 0 Å². The Morgan fingerprint density at radius 1 is 1.40 bits per heavy atom. The highest BCUT2D eigenvalue weighted by Gasteiger charge is 2.23. The van der Waals surface area contributed by atoms with E-state index in [1.165, 1.54) is 18.6 Å². The first-order valence-corrected chi connectivity index (χ1v) is 8.67. The first-order valence-electron chi connectivity index (χ1n) is 7.89. The molecule has 0 bridgehead atoms. The average molecular weight is 361 g/mol. The molecule has 2 N–H and O–H groups in total. The Bertz CT molecular complexity index is 792. The molecule has 0 saturated heterocycles. The molecule has 2 heterocycles. The van der Waals surface area contributed by atoms with Gasteiger partial charge >= 0.3 is 12.1 Å². The number of nitrogens with one attached hydrogen (secondary N) is 2. The lowest BCUT2D eigenvalue weighted by atomic mass is 10.0. The fraction of sp³-hybridized carbons (Fsp3) is 0.375. The Labute approximate surface area is 149 Å². The third-order valence-corrected chi connectivity index (χ3v) is 4.83. The molecule has 0 aliphatic carbocycles. The van der Waals surface area contributed by atoms with E-state index in [0.717, 1.165) is 34.7 Å². The van der Waals surface area contributed by atoms with E-state index in [1.807, 2.05) is 19.1 Å². The molecular formula is C16H19N5O3S. The Kier molecular flexibility index (Phi) is 5.13. The molecule has 2 aromatic rings. The predicted octanol–water partition coefficient (Wildman–Crippen LogP) is 2.69. The third-order valence-electron chi connectivity index (χ3n) is 4.01. The molecule has 0 atom stereocenters. The number of amides is 3. The van der Waals surface area contributed by atoms with Gasteiger partial charge in [0.15, 0.2) is 0 Å². The Hall–Kier alpha value is -2.68. The topological polar surface area (TPSA) is 96.5 Å². The number of urea groups is 1. The van der Waals surface area contributed by atoms with Crippen molar-refractivity contribution >= 4 is 35.0 Å². The Morgan fingerprint density at radius 3 is 2.96 bits per heavy atom. The molecule has 0 fully saturated rings. The highest BCUT2D eigenvalue weighted by atomic mass is 32.1. The molecule has 132 valence electrons. The van der Waals surface area contributed by atoms with E-state index in [4.69, 9.17) is 4.74 Å². The molecule has 1 aromatic carbocycles. The fourth-order valence-electron chi connectivity index (χ4n) is 2.72. The number of aryl methyl sites for hydroxylation is 2. The van der Waals surface area contributed by atoms with Crippen molar-refractivity contribution in [2.45, 2.75) is 26.3 Å². The number of methoxy groups -OCH3 is 1. The largest absolute Gasteiger partial charge is 0.452 e. The zero-order chi connectivity index (χ0) is 17.8. The first kappa shape index (κ1) is 17.2. The maximum Gasteiger partial charge on any atom is 0.414 e. The first-order chi connectivity index (χ1) is 12.1. The number of hydrogen-bond acceptors (Lipinski definition) is 6. The van der Waals surface area contributed by atoms with Crippen LogP contribution in [0.15, 0.2) is 18.2 Å². The SMILES string of the molecule is COC(=O)N1CCCc2cc(NC(=O)NCc3snnc3C)ccc21. The summed E-state index contributed by atoms with van der Waals surface area (Å²) in [6, 6.07) is 5.20. The summed E-state index contributed by atoms with van der Waals surface area (Å²) in [6.07, 6.45) is 1.34. The lowest BCUT2D eigenvalue weighted by Crippen LogP contribution is -2.35. The van der Waals surface area contributed by atoms with E-state index in [-0.39, 0.29) is 12.1 Å². The van der Waals surface area contributed by atoms with E-state index in [9.17, 15) is 9.59 Å². The van der Waals surface area contributed by atoms with E-state index < -0.39 is 0 Å². The number of hydrogen-bond donors (Lipinski definition) is 2. The summed E-state index contributed by atoms with van der Waals surface area (Å²) in [7, 11) is 1.37. The zero-order valence-corrected chi connectivity index (χ0v) is 14.9. The lowest BCUT2D eigenvalue weighted by molar-refractivity contribution is 0.178. The van der Waals surface area contributed by atoms with Crippen molar-refractivity contribution in [1.29, 1.82) is 0 Å². The van der Waals surface area contributed by atoms with Crippen molar-refractivity contribution < 1.29 is 14.3 Å².